The summed E-state index contributed by atoms with van der Waals surface area (Å²) in [6, 6.07) is 5.60. The van der Waals surface area contributed by atoms with E-state index in [1.807, 2.05) is 12.1 Å². The number of nitrogens with one attached hydrogen (secondary N) is 1. The fourth-order valence-electron chi connectivity index (χ4n) is 2.48. The van der Waals surface area contributed by atoms with E-state index in [4.69, 9.17) is 16.3 Å². The maximum absolute atomic E-state index is 11.8. The van der Waals surface area contributed by atoms with Crippen molar-refractivity contribution in [3.05, 3.63) is 23.2 Å². The lowest BCUT2D eigenvalue weighted by Crippen LogP contribution is -2.35. The van der Waals surface area contributed by atoms with Crippen molar-refractivity contribution in [2.45, 2.75) is 41.9 Å². The number of benzene rings is 1. The van der Waals surface area contributed by atoms with Gasteiger partial charge in [0.25, 0.3) is 0 Å². The van der Waals surface area contributed by atoms with Crippen LogP contribution in [0.15, 0.2) is 23.1 Å². The summed E-state index contributed by atoms with van der Waals surface area (Å²) < 4.78 is 5.48. The smallest absolute Gasteiger partial charge is 0.411 e. The van der Waals surface area contributed by atoms with Crippen LogP contribution < -0.4 is 5.32 Å². The standard InChI is InChI=1S/C13H14ClNO2S/c14-8-5-6-11-9(7-8)15-13(16)17-10-3-1-2-4-12(10)18-11/h5-7,10,12H,1-4H2,(H,15,16)/t10-,12+/m1/s1. The minimum Gasteiger partial charge on any atom is -0.445 e. The number of hydrogen-bond acceptors (Lipinski definition) is 3. The molecule has 0 radical (unpaired) electrons. The molecule has 96 valence electrons. The van der Waals surface area contributed by atoms with E-state index in [0.717, 1.165) is 29.8 Å². The van der Waals surface area contributed by atoms with Crippen molar-refractivity contribution in [3.63, 3.8) is 0 Å². The molecule has 1 saturated carbocycles. The molecule has 1 aliphatic carbocycles. The molecule has 2 aliphatic rings. The summed E-state index contributed by atoms with van der Waals surface area (Å²) >= 11 is 7.74. The molecule has 1 aromatic rings. The summed E-state index contributed by atoms with van der Waals surface area (Å²) in [6.45, 7) is 0. The van der Waals surface area contributed by atoms with Crippen LogP contribution in [-0.2, 0) is 4.74 Å². The van der Waals surface area contributed by atoms with E-state index in [0.29, 0.717) is 10.3 Å². The van der Waals surface area contributed by atoms with E-state index in [2.05, 4.69) is 5.32 Å². The Balaban J connectivity index is 1.94. The van der Waals surface area contributed by atoms with Gasteiger partial charge in [0.05, 0.1) is 5.69 Å². The molecule has 1 amide bonds. The average molecular weight is 284 g/mol. The lowest BCUT2D eigenvalue weighted by atomic mass is 9.97. The molecule has 1 aromatic carbocycles. The summed E-state index contributed by atoms with van der Waals surface area (Å²) in [6.07, 6.45) is 4.09. The van der Waals surface area contributed by atoms with Crippen LogP contribution in [-0.4, -0.2) is 17.4 Å². The van der Waals surface area contributed by atoms with Crippen LogP contribution in [0.1, 0.15) is 25.7 Å². The first kappa shape index (κ1) is 12.2. The van der Waals surface area contributed by atoms with E-state index in [-0.39, 0.29) is 12.2 Å². The fraction of sp³-hybridized carbons (Fsp3) is 0.462. The highest BCUT2D eigenvalue weighted by Crippen LogP contribution is 2.41. The zero-order valence-electron chi connectivity index (χ0n) is 9.82. The van der Waals surface area contributed by atoms with Crippen LogP contribution in [0.4, 0.5) is 10.5 Å². The van der Waals surface area contributed by atoms with Gasteiger partial charge in [-0.2, -0.15) is 0 Å². The number of thioether (sulfide) groups is 1. The summed E-state index contributed by atoms with van der Waals surface area (Å²) in [5, 5.41) is 3.76. The number of rotatable bonds is 0. The predicted molar refractivity (Wildman–Crippen MR) is 73.5 cm³/mol. The van der Waals surface area contributed by atoms with Gasteiger partial charge >= 0.3 is 6.09 Å². The van der Waals surface area contributed by atoms with E-state index in [9.17, 15) is 4.79 Å². The van der Waals surface area contributed by atoms with Crippen molar-refractivity contribution in [2.24, 2.45) is 0 Å². The lowest BCUT2D eigenvalue weighted by Gasteiger charge is -2.33. The molecule has 0 spiro atoms. The van der Waals surface area contributed by atoms with Gasteiger partial charge in [-0.15, -0.1) is 11.8 Å². The van der Waals surface area contributed by atoms with E-state index in [1.165, 1.54) is 6.42 Å². The number of ether oxygens (including phenoxy) is 1. The van der Waals surface area contributed by atoms with Gasteiger partial charge in [-0.1, -0.05) is 18.0 Å². The molecule has 0 unspecified atom stereocenters. The van der Waals surface area contributed by atoms with Crippen molar-refractivity contribution in [3.8, 4) is 0 Å². The normalized spacial score (nSPS) is 27.1. The Morgan fingerprint density at radius 3 is 3.06 bits per heavy atom. The van der Waals surface area contributed by atoms with Crippen molar-refractivity contribution >= 4 is 35.1 Å². The molecule has 2 atom stereocenters. The number of amides is 1. The first-order valence-corrected chi connectivity index (χ1v) is 7.42. The third-order valence-corrected chi connectivity index (χ3v) is 5.04. The molecule has 3 nitrogen and oxygen atoms in total. The van der Waals surface area contributed by atoms with Crippen LogP contribution in [0.25, 0.3) is 0 Å². The number of carbonyl (C=O) groups is 1. The van der Waals surface area contributed by atoms with Gasteiger partial charge < -0.3 is 4.74 Å². The fourth-order valence-corrected chi connectivity index (χ4v) is 3.98. The minimum atomic E-state index is -0.365. The zero-order valence-corrected chi connectivity index (χ0v) is 11.4. The second kappa shape index (κ2) is 5.02. The lowest BCUT2D eigenvalue weighted by molar-refractivity contribution is 0.0901. The molecule has 0 saturated heterocycles. The van der Waals surface area contributed by atoms with E-state index in [1.54, 1.807) is 17.8 Å². The van der Waals surface area contributed by atoms with Crippen molar-refractivity contribution in [1.82, 2.24) is 0 Å². The van der Waals surface area contributed by atoms with Gasteiger partial charge in [0.1, 0.15) is 6.10 Å². The van der Waals surface area contributed by atoms with Crippen molar-refractivity contribution in [1.29, 1.82) is 0 Å². The predicted octanol–water partition coefficient (Wildman–Crippen LogP) is 4.31. The third-order valence-electron chi connectivity index (χ3n) is 3.36. The Bertz CT molecular complexity index is 480. The van der Waals surface area contributed by atoms with Gasteiger partial charge in [-0.05, 0) is 37.5 Å². The van der Waals surface area contributed by atoms with Crippen LogP contribution >= 0.6 is 23.4 Å². The van der Waals surface area contributed by atoms with Gasteiger partial charge in [-0.25, -0.2) is 4.79 Å². The van der Waals surface area contributed by atoms with Crippen molar-refractivity contribution in [2.75, 3.05) is 5.32 Å². The first-order chi connectivity index (χ1) is 8.72. The maximum atomic E-state index is 11.8. The Morgan fingerprint density at radius 2 is 2.17 bits per heavy atom. The van der Waals surface area contributed by atoms with Crippen LogP contribution in [0.3, 0.4) is 0 Å². The highest BCUT2D eigenvalue weighted by molar-refractivity contribution is 8.00. The van der Waals surface area contributed by atoms with Gasteiger partial charge in [-0.3, -0.25) is 5.32 Å². The summed E-state index contributed by atoms with van der Waals surface area (Å²) in [5.74, 6) is 0. The molecule has 3 rings (SSSR count). The topological polar surface area (TPSA) is 38.3 Å². The number of hydrogen-bond donors (Lipinski definition) is 1. The Hall–Kier alpha value is -0.870. The second-order valence-electron chi connectivity index (χ2n) is 4.65. The second-order valence-corrected chi connectivity index (χ2v) is 6.37. The maximum Gasteiger partial charge on any atom is 0.411 e. The average Bonchev–Trinajstić information content (AvgIpc) is 2.32. The summed E-state index contributed by atoms with van der Waals surface area (Å²) in [7, 11) is 0. The van der Waals surface area contributed by atoms with Gasteiger partial charge in [0.2, 0.25) is 0 Å². The van der Waals surface area contributed by atoms with Crippen LogP contribution in [0.5, 0.6) is 0 Å². The van der Waals surface area contributed by atoms with Crippen LogP contribution in [0.2, 0.25) is 5.02 Å². The molecule has 0 aromatic heterocycles. The first-order valence-electron chi connectivity index (χ1n) is 6.16. The Labute approximate surface area is 115 Å². The van der Waals surface area contributed by atoms with E-state index >= 15 is 0 Å². The largest absolute Gasteiger partial charge is 0.445 e. The highest BCUT2D eigenvalue weighted by Gasteiger charge is 2.31. The number of anilines is 1. The number of carbonyl (C=O) groups excluding carboxylic acids is 1. The van der Waals surface area contributed by atoms with E-state index < -0.39 is 0 Å². The third kappa shape index (κ3) is 2.45. The molecule has 5 heteroatoms. The quantitative estimate of drug-likeness (QED) is 0.771. The summed E-state index contributed by atoms with van der Waals surface area (Å²) in [4.78, 5) is 12.9. The summed E-state index contributed by atoms with van der Waals surface area (Å²) in [5.41, 5.74) is 0.751. The molecule has 1 N–H and O–H groups in total. The van der Waals surface area contributed by atoms with Crippen molar-refractivity contribution < 1.29 is 9.53 Å². The SMILES string of the molecule is O=C1Nc2cc(Cl)ccc2S[C@H]2CCCC[C@H]2O1. The van der Waals surface area contributed by atoms with Gasteiger partial charge in [0.15, 0.2) is 0 Å². The molecular weight excluding hydrogens is 270 g/mol. The molecule has 1 fully saturated rings. The monoisotopic (exact) mass is 283 g/mol. The number of halogens is 1. The Morgan fingerprint density at radius 1 is 1.33 bits per heavy atom. The number of fused-ring (bicyclic) bond motifs is 2. The molecule has 1 heterocycles. The molecule has 0 bridgehead atoms. The van der Waals surface area contributed by atoms with Gasteiger partial charge in [0, 0.05) is 15.2 Å². The molecule has 1 aliphatic heterocycles. The zero-order chi connectivity index (χ0) is 12.5. The highest BCUT2D eigenvalue weighted by atomic mass is 35.5. The van der Waals surface area contributed by atoms with Crippen LogP contribution in [0, 0.1) is 0 Å². The Kier molecular flexibility index (Phi) is 3.39. The molecular formula is C13H14ClNO2S. The molecule has 18 heavy (non-hydrogen) atoms. The minimum absolute atomic E-state index is 0.0348.